The zero-order chi connectivity index (χ0) is 40.8. The minimum Gasteiger partial charge on any atom is -0.464 e. The van der Waals surface area contributed by atoms with E-state index in [1.165, 1.54) is 10.1 Å². The monoisotopic (exact) mass is 848 g/mol. The molecule has 6 heterocycles. The number of aromatic nitrogens is 2. The number of nitrogens with two attached hydrogens (primary N) is 1. The van der Waals surface area contributed by atoms with Gasteiger partial charge in [-0.3, -0.25) is 23.6 Å². The van der Waals surface area contributed by atoms with Gasteiger partial charge in [0, 0.05) is 80.9 Å². The van der Waals surface area contributed by atoms with E-state index in [-0.39, 0.29) is 18.2 Å². The molecule has 2 aliphatic heterocycles. The molecule has 2 saturated carbocycles. The second-order valence-electron chi connectivity index (χ2n) is 17.3. The van der Waals surface area contributed by atoms with Crippen LogP contribution in [0.3, 0.4) is 0 Å². The summed E-state index contributed by atoms with van der Waals surface area (Å²) < 4.78 is 37.9. The number of anilines is 2. The molecule has 0 radical (unpaired) electrons. The summed E-state index contributed by atoms with van der Waals surface area (Å²) in [5.41, 5.74) is 5.90. The Kier molecular flexibility index (Phi) is 13.4. The van der Waals surface area contributed by atoms with Crippen LogP contribution in [0.5, 0.6) is 0 Å². The van der Waals surface area contributed by atoms with Crippen LogP contribution < -0.4 is 20.9 Å². The first-order valence-corrected chi connectivity index (χ1v) is 24.1. The Labute approximate surface area is 351 Å². The summed E-state index contributed by atoms with van der Waals surface area (Å²) in [5.74, 6) is 1.97. The Hall–Kier alpha value is -3.83. The van der Waals surface area contributed by atoms with Gasteiger partial charge < -0.3 is 25.3 Å². The Morgan fingerprint density at radius 2 is 1.42 bits per heavy atom. The zero-order valence-corrected chi connectivity index (χ0v) is 35.8. The molecule has 320 valence electrons. The number of nitrogens with one attached hydrogen (secondary N) is 1. The first kappa shape index (κ1) is 41.9. The van der Waals surface area contributed by atoms with Crippen LogP contribution in [0.25, 0.3) is 21.1 Å². The lowest BCUT2D eigenvalue weighted by molar-refractivity contribution is -0.130. The van der Waals surface area contributed by atoms with Gasteiger partial charge in [0.15, 0.2) is 0 Å². The maximum Gasteiger partial charge on any atom is 0.267 e. The quantitative estimate of drug-likeness (QED) is 0.141. The molecule has 2 amide bonds. The molecule has 4 aromatic heterocycles. The van der Waals surface area contributed by atoms with E-state index >= 15 is 0 Å². The van der Waals surface area contributed by atoms with Crippen molar-refractivity contribution in [1.29, 1.82) is 0 Å². The maximum absolute atomic E-state index is 12.9. The topological polar surface area (TPSA) is 167 Å². The van der Waals surface area contributed by atoms with E-state index in [2.05, 4.69) is 52.4 Å². The first-order valence-electron chi connectivity index (χ1n) is 21.7. The lowest BCUT2D eigenvalue weighted by atomic mass is 9.68. The number of primary amides is 1. The number of nitrogens with zero attached hydrogens (tertiary/aromatic N) is 6. The molecule has 0 aromatic carbocycles. The molecule has 4 aliphatic rings. The van der Waals surface area contributed by atoms with Crippen LogP contribution in [0.15, 0.2) is 52.7 Å². The predicted molar refractivity (Wildman–Crippen MR) is 232 cm³/mol. The molecule has 4 aromatic rings. The van der Waals surface area contributed by atoms with E-state index in [9.17, 15) is 18.0 Å². The average Bonchev–Trinajstić information content (AvgIpc) is 3.96. The molecule has 0 bridgehead atoms. The highest BCUT2D eigenvalue weighted by molar-refractivity contribution is 7.86. The van der Waals surface area contributed by atoms with E-state index in [0.717, 1.165) is 139 Å². The van der Waals surface area contributed by atoms with Gasteiger partial charge in [-0.2, -0.15) is 8.42 Å². The third kappa shape index (κ3) is 10.4. The van der Waals surface area contributed by atoms with Gasteiger partial charge in [-0.25, -0.2) is 9.97 Å². The normalized spacial score (nSPS) is 25.1. The van der Waals surface area contributed by atoms with Crippen molar-refractivity contribution in [3.8, 4) is 0 Å². The minimum atomic E-state index is -4.01. The van der Waals surface area contributed by atoms with Crippen LogP contribution in [0, 0.1) is 17.3 Å². The highest BCUT2D eigenvalue weighted by Gasteiger charge is 2.41. The van der Waals surface area contributed by atoms with Crippen LogP contribution in [0.4, 0.5) is 11.6 Å². The van der Waals surface area contributed by atoms with Crippen molar-refractivity contribution in [3.05, 3.63) is 48.3 Å². The second kappa shape index (κ2) is 18.8. The van der Waals surface area contributed by atoms with Crippen molar-refractivity contribution < 1.29 is 26.6 Å². The lowest BCUT2D eigenvalue weighted by Gasteiger charge is -2.39. The largest absolute Gasteiger partial charge is 0.464 e. The van der Waals surface area contributed by atoms with Gasteiger partial charge in [-0.15, -0.1) is 11.3 Å². The molecule has 2 aliphatic carbocycles. The Bertz CT molecular complexity index is 2130. The number of thiophene rings is 1. The molecule has 0 spiro atoms. The Morgan fingerprint density at radius 3 is 2.07 bits per heavy atom. The van der Waals surface area contributed by atoms with Gasteiger partial charge in [0.25, 0.3) is 10.1 Å². The predicted octanol–water partition coefficient (Wildman–Crippen LogP) is 5.24. The van der Waals surface area contributed by atoms with Crippen LogP contribution in [0.1, 0.15) is 70.6 Å². The van der Waals surface area contributed by atoms with Crippen molar-refractivity contribution in [2.75, 3.05) is 87.6 Å². The average molecular weight is 849 g/mol. The van der Waals surface area contributed by atoms with Crippen molar-refractivity contribution in [2.45, 2.75) is 76.7 Å². The van der Waals surface area contributed by atoms with Crippen molar-refractivity contribution in [2.24, 2.45) is 23.0 Å². The number of hydrogen-bond acceptors (Lipinski definition) is 13. The van der Waals surface area contributed by atoms with Crippen LogP contribution in [0.2, 0.25) is 0 Å². The zero-order valence-electron chi connectivity index (χ0n) is 34.1. The molecule has 0 atom stereocenters. The number of carbonyl (C=O) groups excluding carboxylic acids is 2. The number of amides is 2. The highest BCUT2D eigenvalue weighted by Crippen LogP contribution is 2.43. The molecule has 0 unspecified atom stereocenters. The van der Waals surface area contributed by atoms with Gasteiger partial charge in [-0.1, -0.05) is 0 Å². The number of fused-ring (bicyclic) bond motifs is 2. The van der Waals surface area contributed by atoms with Crippen LogP contribution in [-0.2, 0) is 23.9 Å². The van der Waals surface area contributed by atoms with Crippen molar-refractivity contribution in [1.82, 2.24) is 25.1 Å². The van der Waals surface area contributed by atoms with E-state index in [1.54, 1.807) is 23.8 Å². The van der Waals surface area contributed by atoms with E-state index in [4.69, 9.17) is 14.3 Å². The summed E-state index contributed by atoms with van der Waals surface area (Å²) in [4.78, 5) is 44.6. The molecule has 14 nitrogen and oxygen atoms in total. The third-order valence-corrected chi connectivity index (χ3v) is 15.8. The number of rotatable bonds is 16. The SMILES string of the molecule is NC(=O)C1(CCS(=O)(=O)OCC(=O)NC2CCC(CCN3CCN(c4nccc5sccc45)CC3)CC2)CCC(CCN2CCN(c3nccc4occc34)CC2)CC1. The molecular formula is C43H60N8O6S2. The maximum atomic E-state index is 12.9. The summed E-state index contributed by atoms with van der Waals surface area (Å²) in [6, 6.07) is 8.15. The molecule has 3 N–H and O–H groups in total. The highest BCUT2D eigenvalue weighted by atomic mass is 32.2. The molecule has 2 saturated heterocycles. The van der Waals surface area contributed by atoms with E-state index < -0.39 is 34.0 Å². The third-order valence-electron chi connectivity index (χ3n) is 13.8. The minimum absolute atomic E-state index is 0.0270. The van der Waals surface area contributed by atoms with Crippen molar-refractivity contribution in [3.63, 3.8) is 0 Å². The summed E-state index contributed by atoms with van der Waals surface area (Å²) in [6.07, 6.45) is 14.4. The van der Waals surface area contributed by atoms with Gasteiger partial charge >= 0.3 is 0 Å². The number of carbonyl (C=O) groups is 2. The van der Waals surface area contributed by atoms with Gasteiger partial charge in [0.2, 0.25) is 11.8 Å². The standard InChI is InChI=1S/C43H60N8O6S2/c44-42(53)43(13-5-33(6-14-43)10-19-49-20-24-50(25-21-49)40-35-11-28-56-37(35)7-16-45-40)15-30-59(54,55)57-31-39(52)47-34-3-1-32(2-4-34)9-18-48-22-26-51(27-23-48)41-36-12-29-58-38(36)8-17-46-41/h7-8,11-12,16-17,28-29,32-34H,1-6,9-10,13-15,18-27,30-31H2,(H2,44,53)(H,47,52). The van der Waals surface area contributed by atoms with Crippen molar-refractivity contribution >= 4 is 66.0 Å². The number of furan rings is 1. The number of hydrogen-bond donors (Lipinski definition) is 2. The first-order chi connectivity index (χ1) is 28.6. The van der Waals surface area contributed by atoms with E-state index in [1.807, 2.05) is 18.3 Å². The van der Waals surface area contributed by atoms with Gasteiger partial charge in [0.05, 0.1) is 22.8 Å². The molecule has 8 rings (SSSR count). The second-order valence-corrected chi connectivity index (χ2v) is 20.0. The van der Waals surface area contributed by atoms with Crippen LogP contribution in [-0.4, -0.2) is 124 Å². The number of piperazine rings is 2. The molecule has 59 heavy (non-hydrogen) atoms. The lowest BCUT2D eigenvalue weighted by Crippen LogP contribution is -2.47. The fraction of sp³-hybridized carbons (Fsp3) is 0.628. The Morgan fingerprint density at radius 1 is 0.814 bits per heavy atom. The molecule has 16 heteroatoms. The summed E-state index contributed by atoms with van der Waals surface area (Å²) >= 11 is 1.76. The van der Waals surface area contributed by atoms with Gasteiger partial charge in [-0.05, 0) is 125 Å². The molecule has 4 fully saturated rings. The van der Waals surface area contributed by atoms with Gasteiger partial charge in [0.1, 0.15) is 23.8 Å². The Balaban J connectivity index is 0.687. The molecular weight excluding hydrogens is 789 g/mol. The smallest absolute Gasteiger partial charge is 0.267 e. The van der Waals surface area contributed by atoms with Crippen LogP contribution >= 0.6 is 11.3 Å². The fourth-order valence-electron chi connectivity index (χ4n) is 9.89. The van der Waals surface area contributed by atoms with E-state index in [0.29, 0.717) is 24.7 Å². The number of pyridine rings is 2. The summed E-state index contributed by atoms with van der Waals surface area (Å²) in [7, 11) is -4.01. The fourth-order valence-corrected chi connectivity index (χ4v) is 11.7. The summed E-state index contributed by atoms with van der Waals surface area (Å²) in [6.45, 7) is 9.27. The summed E-state index contributed by atoms with van der Waals surface area (Å²) in [5, 5.41) is 7.43.